The molecule has 0 aliphatic heterocycles. The van der Waals surface area contributed by atoms with E-state index >= 15 is 0 Å². The van der Waals surface area contributed by atoms with E-state index in [1.54, 1.807) is 22.8 Å². The van der Waals surface area contributed by atoms with Crippen LogP contribution in [0.4, 0.5) is 11.8 Å². The number of hydrogen-bond acceptors (Lipinski definition) is 7. The number of aromatic nitrogens is 6. The van der Waals surface area contributed by atoms with Crippen LogP contribution in [0.5, 0.6) is 0 Å². The zero-order chi connectivity index (χ0) is 21.4. The third-order valence-electron chi connectivity index (χ3n) is 4.87. The minimum Gasteiger partial charge on any atom is -0.368 e. The Bertz CT molecular complexity index is 1460. The van der Waals surface area contributed by atoms with Gasteiger partial charge in [0.2, 0.25) is 5.95 Å². The van der Waals surface area contributed by atoms with Crippen LogP contribution in [-0.4, -0.2) is 36.0 Å². The second kappa shape index (κ2) is 7.69. The monoisotopic (exact) mass is 432 g/mol. The van der Waals surface area contributed by atoms with Crippen molar-refractivity contribution in [1.29, 1.82) is 0 Å². The lowest BCUT2D eigenvalue weighted by Gasteiger charge is -2.15. The lowest BCUT2D eigenvalue weighted by Crippen LogP contribution is -2.25. The van der Waals surface area contributed by atoms with Crippen molar-refractivity contribution < 1.29 is 0 Å². The standard InChI is InChI=1S/C21H17ClN8O/c22-13-7-4-8-14-16(13)20(31)30(12-5-2-1-3-6-12)15(27-14)9-10-24-18-17-19(26-11-25-17)29-21(23)28-18/h1-8,11H,9-10H2,(H4,23,24,25,26,28,29). The smallest absolute Gasteiger partial charge is 0.267 e. The molecule has 154 valence electrons. The molecule has 0 bridgehead atoms. The normalized spacial score (nSPS) is 11.3. The predicted octanol–water partition coefficient (Wildman–Crippen LogP) is 2.94. The number of para-hydroxylation sites is 1. The molecule has 0 atom stereocenters. The number of imidazole rings is 1. The zero-order valence-electron chi connectivity index (χ0n) is 16.2. The van der Waals surface area contributed by atoms with Gasteiger partial charge in [0.1, 0.15) is 11.3 Å². The lowest BCUT2D eigenvalue weighted by atomic mass is 10.2. The zero-order valence-corrected chi connectivity index (χ0v) is 17.0. The summed E-state index contributed by atoms with van der Waals surface area (Å²) in [4.78, 5) is 33.6. The number of benzene rings is 2. The van der Waals surface area contributed by atoms with Crippen molar-refractivity contribution in [2.24, 2.45) is 0 Å². The van der Waals surface area contributed by atoms with E-state index in [-0.39, 0.29) is 11.5 Å². The number of hydrogen-bond donors (Lipinski definition) is 3. The highest BCUT2D eigenvalue weighted by molar-refractivity contribution is 6.35. The molecule has 5 rings (SSSR count). The third kappa shape index (κ3) is 3.44. The topological polar surface area (TPSA) is 127 Å². The molecule has 3 aromatic heterocycles. The van der Waals surface area contributed by atoms with Crippen LogP contribution in [-0.2, 0) is 6.42 Å². The predicted molar refractivity (Wildman–Crippen MR) is 121 cm³/mol. The average molecular weight is 433 g/mol. The summed E-state index contributed by atoms with van der Waals surface area (Å²) in [6.45, 7) is 0.448. The van der Waals surface area contributed by atoms with Crippen molar-refractivity contribution >= 4 is 45.4 Å². The number of nitrogen functional groups attached to an aromatic ring is 1. The fourth-order valence-electron chi connectivity index (χ4n) is 3.52. The van der Waals surface area contributed by atoms with Gasteiger partial charge in [0.05, 0.1) is 27.9 Å². The van der Waals surface area contributed by atoms with Gasteiger partial charge in [-0.05, 0) is 24.3 Å². The van der Waals surface area contributed by atoms with E-state index in [2.05, 4.69) is 25.3 Å². The van der Waals surface area contributed by atoms with Crippen LogP contribution in [0.2, 0.25) is 5.02 Å². The van der Waals surface area contributed by atoms with Crippen molar-refractivity contribution in [2.45, 2.75) is 6.42 Å². The summed E-state index contributed by atoms with van der Waals surface area (Å²) in [5, 5.41) is 4.00. The fraction of sp³-hybridized carbons (Fsp3) is 0.0952. The Morgan fingerprint density at radius 1 is 1.06 bits per heavy atom. The molecule has 0 saturated heterocycles. The summed E-state index contributed by atoms with van der Waals surface area (Å²) in [7, 11) is 0. The van der Waals surface area contributed by atoms with Crippen LogP contribution >= 0.6 is 11.6 Å². The van der Waals surface area contributed by atoms with Crippen molar-refractivity contribution in [1.82, 2.24) is 29.5 Å². The molecular formula is C21H17ClN8O. The molecule has 0 radical (unpaired) electrons. The Hall–Kier alpha value is -3.98. The van der Waals surface area contributed by atoms with Gasteiger partial charge in [-0.15, -0.1) is 0 Å². The molecule has 2 aromatic carbocycles. The number of halogens is 1. The second-order valence-corrected chi connectivity index (χ2v) is 7.25. The number of fused-ring (bicyclic) bond motifs is 2. The Kier molecular flexibility index (Phi) is 4.72. The number of H-pyrrole nitrogens is 1. The van der Waals surface area contributed by atoms with Gasteiger partial charge in [0, 0.05) is 13.0 Å². The molecule has 0 spiro atoms. The van der Waals surface area contributed by atoms with Crippen molar-refractivity contribution in [2.75, 3.05) is 17.6 Å². The molecule has 0 aliphatic carbocycles. The lowest BCUT2D eigenvalue weighted by molar-refractivity contribution is 0.809. The molecule has 0 unspecified atom stereocenters. The average Bonchev–Trinajstić information content (AvgIpc) is 3.23. The van der Waals surface area contributed by atoms with E-state index in [4.69, 9.17) is 22.3 Å². The van der Waals surface area contributed by atoms with Crippen molar-refractivity contribution in [3.8, 4) is 5.69 Å². The highest BCUT2D eigenvalue weighted by atomic mass is 35.5. The van der Waals surface area contributed by atoms with Gasteiger partial charge >= 0.3 is 0 Å². The third-order valence-corrected chi connectivity index (χ3v) is 5.18. The number of nitrogens with two attached hydrogens (primary N) is 1. The van der Waals surface area contributed by atoms with Gasteiger partial charge in [-0.2, -0.15) is 9.97 Å². The van der Waals surface area contributed by atoms with Crippen molar-refractivity contribution in [3.05, 3.63) is 76.1 Å². The largest absolute Gasteiger partial charge is 0.368 e. The van der Waals surface area contributed by atoms with E-state index in [0.29, 0.717) is 51.7 Å². The number of nitrogens with one attached hydrogen (secondary N) is 2. The Morgan fingerprint density at radius 3 is 2.74 bits per heavy atom. The first-order valence-electron chi connectivity index (χ1n) is 9.58. The molecule has 4 N–H and O–H groups in total. The summed E-state index contributed by atoms with van der Waals surface area (Å²) in [5.74, 6) is 1.25. The fourth-order valence-corrected chi connectivity index (χ4v) is 3.77. The first-order valence-corrected chi connectivity index (χ1v) is 9.95. The van der Waals surface area contributed by atoms with Gasteiger partial charge < -0.3 is 16.0 Å². The van der Waals surface area contributed by atoms with Crippen LogP contribution in [0.25, 0.3) is 27.8 Å². The highest BCUT2D eigenvalue weighted by Crippen LogP contribution is 2.21. The summed E-state index contributed by atoms with van der Waals surface area (Å²) in [6.07, 6.45) is 1.98. The van der Waals surface area contributed by atoms with Crippen molar-refractivity contribution in [3.63, 3.8) is 0 Å². The summed E-state index contributed by atoms with van der Waals surface area (Å²) in [6, 6.07) is 14.6. The van der Waals surface area contributed by atoms with Gasteiger partial charge in [-0.3, -0.25) is 9.36 Å². The number of aromatic amines is 1. The molecule has 9 nitrogen and oxygen atoms in total. The van der Waals surface area contributed by atoms with Crippen LogP contribution in [0.1, 0.15) is 5.82 Å². The van der Waals surface area contributed by atoms with Gasteiger partial charge in [0.25, 0.3) is 5.56 Å². The Labute approximate surface area is 181 Å². The quantitative estimate of drug-likeness (QED) is 0.389. The molecule has 0 fully saturated rings. The van der Waals surface area contributed by atoms with Gasteiger partial charge in [0.15, 0.2) is 11.5 Å². The van der Waals surface area contributed by atoms with Crippen LogP contribution in [0.15, 0.2) is 59.7 Å². The maximum absolute atomic E-state index is 13.4. The molecule has 0 saturated carbocycles. The van der Waals surface area contributed by atoms with E-state index in [0.717, 1.165) is 5.69 Å². The molecule has 0 amide bonds. The number of nitrogens with zero attached hydrogens (tertiary/aromatic N) is 5. The van der Waals surface area contributed by atoms with E-state index in [1.807, 2.05) is 30.3 Å². The summed E-state index contributed by atoms with van der Waals surface area (Å²) >= 11 is 6.32. The molecule has 10 heteroatoms. The van der Waals surface area contributed by atoms with Crippen LogP contribution in [0.3, 0.4) is 0 Å². The van der Waals surface area contributed by atoms with E-state index in [9.17, 15) is 4.79 Å². The number of anilines is 2. The molecule has 5 aromatic rings. The minimum absolute atomic E-state index is 0.138. The van der Waals surface area contributed by atoms with Gasteiger partial charge in [-0.25, -0.2) is 9.97 Å². The molecule has 31 heavy (non-hydrogen) atoms. The highest BCUT2D eigenvalue weighted by Gasteiger charge is 2.15. The van der Waals surface area contributed by atoms with Crippen LogP contribution in [0, 0.1) is 0 Å². The maximum Gasteiger partial charge on any atom is 0.267 e. The molecular weight excluding hydrogens is 416 g/mol. The van der Waals surface area contributed by atoms with Crippen LogP contribution < -0.4 is 16.6 Å². The maximum atomic E-state index is 13.4. The summed E-state index contributed by atoms with van der Waals surface area (Å²) in [5.41, 5.74) is 7.99. The van der Waals surface area contributed by atoms with E-state index < -0.39 is 0 Å². The minimum atomic E-state index is -0.210. The van der Waals surface area contributed by atoms with Gasteiger partial charge in [-0.1, -0.05) is 35.9 Å². The SMILES string of the molecule is Nc1nc(NCCc2nc3cccc(Cl)c3c(=O)n2-c2ccccc2)c2nc[nH]c2n1. The summed E-state index contributed by atoms with van der Waals surface area (Å²) < 4.78 is 1.59. The first kappa shape index (κ1) is 19.0. The molecule has 0 aliphatic rings. The van der Waals surface area contributed by atoms with E-state index in [1.165, 1.54) is 6.33 Å². The second-order valence-electron chi connectivity index (χ2n) is 6.85. The number of rotatable bonds is 5. The first-order chi connectivity index (χ1) is 15.1. The molecule has 3 heterocycles. The Balaban J connectivity index is 1.54. The Morgan fingerprint density at radius 2 is 1.90 bits per heavy atom.